The molecular weight excluding hydrogens is 552 g/mol. The molecule has 3 aromatic rings. The predicted octanol–water partition coefficient (Wildman–Crippen LogP) is -1.78. The molecule has 9 unspecified atom stereocenters. The standard InChI is InChI=1S/C26H28O15/c27-7-17-20(32)22(34)24(36)26(40-17)41-18-8-37-25(23(35)21(18)33)38-10-4-13(30)19-14(31)6-15(39-16(19)5-10)9-1-2-11(28)12(29)3-9/h1-6,17-18,20-30,32-36H,7-8H2. The van der Waals surface area contributed by atoms with Crippen LogP contribution in [-0.4, -0.2) is 114 Å². The van der Waals surface area contributed by atoms with Gasteiger partial charge in [0.2, 0.25) is 6.29 Å². The van der Waals surface area contributed by atoms with Crippen LogP contribution in [0.2, 0.25) is 0 Å². The van der Waals surface area contributed by atoms with E-state index >= 15 is 0 Å². The first-order valence-electron chi connectivity index (χ1n) is 12.4. The first-order chi connectivity index (χ1) is 19.5. The van der Waals surface area contributed by atoms with E-state index in [0.717, 1.165) is 12.1 Å². The molecule has 0 amide bonds. The maximum absolute atomic E-state index is 12.7. The van der Waals surface area contributed by atoms with Crippen LogP contribution in [0.1, 0.15) is 0 Å². The summed E-state index contributed by atoms with van der Waals surface area (Å²) in [6, 6.07) is 7.18. The lowest BCUT2D eigenvalue weighted by Gasteiger charge is -2.43. The van der Waals surface area contributed by atoms with Gasteiger partial charge < -0.3 is 69.3 Å². The van der Waals surface area contributed by atoms with Crippen molar-refractivity contribution in [3.8, 4) is 34.3 Å². The van der Waals surface area contributed by atoms with Gasteiger partial charge in [-0.05, 0) is 18.2 Å². The van der Waals surface area contributed by atoms with Gasteiger partial charge in [0.1, 0.15) is 71.0 Å². The molecule has 0 saturated carbocycles. The fraction of sp³-hybridized carbons (Fsp3) is 0.423. The van der Waals surface area contributed by atoms with Crippen molar-refractivity contribution in [1.29, 1.82) is 0 Å². The minimum atomic E-state index is -1.74. The van der Waals surface area contributed by atoms with E-state index in [4.69, 9.17) is 23.4 Å². The van der Waals surface area contributed by atoms with E-state index in [2.05, 4.69) is 0 Å². The van der Waals surface area contributed by atoms with Gasteiger partial charge in [-0.3, -0.25) is 4.79 Å². The Morgan fingerprint density at radius 3 is 2.24 bits per heavy atom. The summed E-state index contributed by atoms with van der Waals surface area (Å²) < 4.78 is 27.5. The maximum atomic E-state index is 12.7. The Morgan fingerprint density at radius 1 is 0.805 bits per heavy atom. The number of fused-ring (bicyclic) bond motifs is 1. The number of aliphatic hydroxyl groups excluding tert-OH is 6. The second-order valence-corrected chi connectivity index (χ2v) is 9.67. The highest BCUT2D eigenvalue weighted by molar-refractivity contribution is 5.86. The normalized spacial score (nSPS) is 32.2. The molecule has 2 saturated heterocycles. The van der Waals surface area contributed by atoms with E-state index in [9.17, 15) is 50.8 Å². The molecule has 1 aromatic heterocycles. The van der Waals surface area contributed by atoms with E-state index in [1.807, 2.05) is 0 Å². The number of hydrogen-bond acceptors (Lipinski definition) is 15. The van der Waals surface area contributed by atoms with Gasteiger partial charge in [0, 0.05) is 23.8 Å². The van der Waals surface area contributed by atoms with Crippen molar-refractivity contribution >= 4 is 11.0 Å². The zero-order valence-corrected chi connectivity index (χ0v) is 21.0. The monoisotopic (exact) mass is 580 g/mol. The lowest BCUT2D eigenvalue weighted by molar-refractivity contribution is -0.338. The largest absolute Gasteiger partial charge is 0.507 e. The second-order valence-electron chi connectivity index (χ2n) is 9.67. The Hall–Kier alpha value is -3.51. The van der Waals surface area contributed by atoms with E-state index in [1.54, 1.807) is 0 Å². The third-order valence-corrected chi connectivity index (χ3v) is 6.89. The van der Waals surface area contributed by atoms with Crippen LogP contribution in [0.15, 0.2) is 45.6 Å². The van der Waals surface area contributed by atoms with Crippen molar-refractivity contribution in [2.75, 3.05) is 13.2 Å². The Bertz CT molecular complexity index is 1450. The fourth-order valence-electron chi connectivity index (χ4n) is 4.61. The first kappa shape index (κ1) is 29.0. The minimum absolute atomic E-state index is 0.00640. The van der Waals surface area contributed by atoms with E-state index in [0.29, 0.717) is 0 Å². The molecule has 9 N–H and O–H groups in total. The van der Waals surface area contributed by atoms with Gasteiger partial charge in [-0.2, -0.15) is 0 Å². The van der Waals surface area contributed by atoms with E-state index in [-0.39, 0.29) is 33.8 Å². The summed E-state index contributed by atoms with van der Waals surface area (Å²) in [7, 11) is 0. The molecule has 3 heterocycles. The molecule has 222 valence electrons. The molecule has 0 radical (unpaired) electrons. The van der Waals surface area contributed by atoms with Crippen LogP contribution in [-0.2, 0) is 14.2 Å². The van der Waals surface area contributed by atoms with Crippen LogP contribution in [0.5, 0.6) is 23.0 Å². The predicted molar refractivity (Wildman–Crippen MR) is 134 cm³/mol. The molecular formula is C26H28O15. The topological polar surface area (TPSA) is 249 Å². The van der Waals surface area contributed by atoms with Crippen LogP contribution in [0.25, 0.3) is 22.3 Å². The molecule has 2 aliphatic heterocycles. The third-order valence-electron chi connectivity index (χ3n) is 6.89. The maximum Gasteiger partial charge on any atom is 0.228 e. The number of phenols is 3. The summed E-state index contributed by atoms with van der Waals surface area (Å²) in [4.78, 5) is 12.7. The van der Waals surface area contributed by atoms with Crippen LogP contribution >= 0.6 is 0 Å². The number of benzene rings is 2. The number of aromatic hydroxyl groups is 3. The third kappa shape index (κ3) is 5.54. The number of phenolic OH excluding ortho intramolecular Hbond substituents is 3. The molecule has 5 rings (SSSR count). The SMILES string of the molecule is O=c1cc(-c2ccc(O)c(O)c2)oc2cc(OC3OCC(OC4OC(CO)C(O)C(O)C4O)C(O)C3O)cc(O)c12. The van der Waals surface area contributed by atoms with Crippen molar-refractivity contribution in [1.82, 2.24) is 0 Å². The molecule has 15 nitrogen and oxygen atoms in total. The van der Waals surface area contributed by atoms with E-state index < -0.39 is 85.4 Å². The molecule has 9 atom stereocenters. The molecule has 0 bridgehead atoms. The van der Waals surface area contributed by atoms with Gasteiger partial charge in [-0.25, -0.2) is 0 Å². The number of hydrogen-bond donors (Lipinski definition) is 9. The Morgan fingerprint density at radius 2 is 1.54 bits per heavy atom. The van der Waals surface area contributed by atoms with Crippen molar-refractivity contribution in [3.05, 3.63) is 46.6 Å². The first-order valence-corrected chi connectivity index (χ1v) is 12.4. The Balaban J connectivity index is 1.32. The summed E-state index contributed by atoms with van der Waals surface area (Å²) >= 11 is 0. The summed E-state index contributed by atoms with van der Waals surface area (Å²) in [5.41, 5.74) is -0.482. The summed E-state index contributed by atoms with van der Waals surface area (Å²) in [5.74, 6) is -1.44. The van der Waals surface area contributed by atoms with Gasteiger partial charge in [-0.1, -0.05) is 0 Å². The Kier molecular flexibility index (Phi) is 8.06. The number of rotatable bonds is 6. The van der Waals surface area contributed by atoms with Gasteiger partial charge in [-0.15, -0.1) is 0 Å². The van der Waals surface area contributed by atoms with Gasteiger partial charge in [0.15, 0.2) is 23.2 Å². The molecule has 0 aliphatic carbocycles. The Labute approximate surface area is 230 Å². The minimum Gasteiger partial charge on any atom is -0.507 e. The highest BCUT2D eigenvalue weighted by Crippen LogP contribution is 2.35. The van der Waals surface area contributed by atoms with Crippen LogP contribution < -0.4 is 10.2 Å². The van der Waals surface area contributed by atoms with Gasteiger partial charge in [0.25, 0.3) is 0 Å². The van der Waals surface area contributed by atoms with Gasteiger partial charge >= 0.3 is 0 Å². The highest BCUT2D eigenvalue weighted by atomic mass is 16.7. The van der Waals surface area contributed by atoms with Crippen molar-refractivity contribution < 1.29 is 69.3 Å². The molecule has 0 spiro atoms. The highest BCUT2D eigenvalue weighted by Gasteiger charge is 2.48. The zero-order valence-electron chi connectivity index (χ0n) is 21.0. The molecule has 2 fully saturated rings. The fourth-order valence-corrected chi connectivity index (χ4v) is 4.61. The number of aliphatic hydroxyl groups is 6. The number of ether oxygens (including phenoxy) is 4. The molecule has 2 aromatic carbocycles. The second kappa shape index (κ2) is 11.4. The van der Waals surface area contributed by atoms with Crippen molar-refractivity contribution in [2.24, 2.45) is 0 Å². The average Bonchev–Trinajstić information content (AvgIpc) is 2.94. The lowest BCUT2D eigenvalue weighted by Crippen LogP contribution is -2.62. The van der Waals surface area contributed by atoms with Crippen LogP contribution in [0.4, 0.5) is 0 Å². The summed E-state index contributed by atoms with van der Waals surface area (Å²) in [6.07, 6.45) is -14.1. The zero-order chi connectivity index (χ0) is 29.6. The molecule has 2 aliphatic rings. The quantitative estimate of drug-likeness (QED) is 0.146. The summed E-state index contributed by atoms with van der Waals surface area (Å²) in [5, 5.41) is 90.2. The van der Waals surface area contributed by atoms with Crippen molar-refractivity contribution in [3.63, 3.8) is 0 Å². The lowest BCUT2D eigenvalue weighted by atomic mass is 9.99. The van der Waals surface area contributed by atoms with Crippen molar-refractivity contribution in [2.45, 2.75) is 55.3 Å². The summed E-state index contributed by atoms with van der Waals surface area (Å²) in [6.45, 7) is -1.09. The molecule has 15 heteroatoms. The molecule has 41 heavy (non-hydrogen) atoms. The van der Waals surface area contributed by atoms with Gasteiger partial charge in [0.05, 0.1) is 13.2 Å². The van der Waals surface area contributed by atoms with Crippen LogP contribution in [0, 0.1) is 0 Å². The average molecular weight is 580 g/mol. The van der Waals surface area contributed by atoms with Crippen LogP contribution in [0.3, 0.4) is 0 Å². The van der Waals surface area contributed by atoms with E-state index in [1.165, 1.54) is 24.3 Å². The smallest absolute Gasteiger partial charge is 0.228 e.